The zero-order valence-electron chi connectivity index (χ0n) is 28.5. The molecule has 0 aromatic carbocycles. The van der Waals surface area contributed by atoms with Crippen LogP contribution in [0.5, 0.6) is 0 Å². The van der Waals surface area contributed by atoms with Crippen molar-refractivity contribution >= 4 is 0 Å². The maximum atomic E-state index is 2.47. The Balaban J connectivity index is 3.26. The monoisotopic (exact) mass is 551 g/mol. The molecule has 0 atom stereocenters. The van der Waals surface area contributed by atoms with Gasteiger partial charge in [-0.15, -0.1) is 0 Å². The Morgan fingerprint density at radius 1 is 0.231 bits per heavy atom. The summed E-state index contributed by atoms with van der Waals surface area (Å²) in [5, 5.41) is 0. The first-order valence-corrected chi connectivity index (χ1v) is 18.9. The van der Waals surface area contributed by atoms with Crippen molar-refractivity contribution in [2.45, 2.75) is 219 Å². The van der Waals surface area contributed by atoms with Crippen LogP contribution in [0.3, 0.4) is 0 Å². The predicted molar refractivity (Wildman–Crippen MR) is 181 cm³/mol. The number of quaternary nitrogens is 1. The summed E-state index contributed by atoms with van der Waals surface area (Å²) in [5.74, 6) is 0. The number of hydrogen-bond donors (Lipinski definition) is 0. The van der Waals surface area contributed by atoms with Crippen LogP contribution >= 0.6 is 0 Å². The van der Waals surface area contributed by atoms with Crippen molar-refractivity contribution in [2.75, 3.05) is 27.2 Å². The summed E-state index contributed by atoms with van der Waals surface area (Å²) in [4.78, 5) is 0. The van der Waals surface area contributed by atoms with Crippen molar-refractivity contribution < 1.29 is 4.48 Å². The Morgan fingerprint density at radius 3 is 0.564 bits per heavy atom. The number of hydrogen-bond acceptors (Lipinski definition) is 0. The van der Waals surface area contributed by atoms with Gasteiger partial charge in [-0.3, -0.25) is 0 Å². The van der Waals surface area contributed by atoms with E-state index in [0.29, 0.717) is 0 Å². The van der Waals surface area contributed by atoms with Gasteiger partial charge in [-0.2, -0.15) is 0 Å². The lowest BCUT2D eigenvalue weighted by Crippen LogP contribution is -2.41. The third kappa shape index (κ3) is 34.1. The van der Waals surface area contributed by atoms with Crippen LogP contribution in [0.1, 0.15) is 219 Å². The molecule has 0 spiro atoms. The first-order valence-electron chi connectivity index (χ1n) is 18.9. The van der Waals surface area contributed by atoms with Crippen LogP contribution in [0.25, 0.3) is 0 Å². The van der Waals surface area contributed by atoms with E-state index in [4.69, 9.17) is 0 Å². The Hall–Kier alpha value is -0.0400. The van der Waals surface area contributed by atoms with Crippen LogP contribution in [0.2, 0.25) is 0 Å². The van der Waals surface area contributed by atoms with Gasteiger partial charge in [0.25, 0.3) is 0 Å². The summed E-state index contributed by atoms with van der Waals surface area (Å²) < 4.78 is 1.25. The lowest BCUT2D eigenvalue weighted by molar-refractivity contribution is -0.890. The first-order chi connectivity index (χ1) is 19.1. The average molecular weight is 551 g/mol. The van der Waals surface area contributed by atoms with Crippen molar-refractivity contribution in [1.82, 2.24) is 0 Å². The highest BCUT2D eigenvalue weighted by Crippen LogP contribution is 2.16. The Morgan fingerprint density at radius 2 is 0.385 bits per heavy atom. The van der Waals surface area contributed by atoms with Crippen molar-refractivity contribution in [1.29, 1.82) is 0 Å². The van der Waals surface area contributed by atoms with E-state index in [1.807, 2.05) is 0 Å². The lowest BCUT2D eigenvalue weighted by atomic mass is 10.0. The quantitative estimate of drug-likeness (QED) is 0.0552. The molecule has 0 heterocycles. The molecule has 0 amide bonds. The Labute approximate surface area is 250 Å². The molecular weight excluding hydrogens is 470 g/mol. The van der Waals surface area contributed by atoms with E-state index in [-0.39, 0.29) is 0 Å². The van der Waals surface area contributed by atoms with Gasteiger partial charge in [0.1, 0.15) is 0 Å². The fraction of sp³-hybridized carbons (Fsp3) is 1.00. The van der Waals surface area contributed by atoms with E-state index >= 15 is 0 Å². The second-order valence-electron chi connectivity index (χ2n) is 14.0. The molecule has 0 unspecified atom stereocenters. The predicted octanol–water partition coefficient (Wildman–Crippen LogP) is 13.6. The maximum absolute atomic E-state index is 2.47. The number of rotatable bonds is 34. The van der Waals surface area contributed by atoms with E-state index in [1.54, 1.807) is 0 Å². The van der Waals surface area contributed by atoms with Crippen LogP contribution in [0.15, 0.2) is 0 Å². The fourth-order valence-electron chi connectivity index (χ4n) is 6.29. The molecule has 0 aliphatic carbocycles. The molecule has 0 N–H and O–H groups in total. The maximum Gasteiger partial charge on any atom is 0.0782 e. The van der Waals surface area contributed by atoms with Gasteiger partial charge in [0.15, 0.2) is 0 Å². The van der Waals surface area contributed by atoms with Gasteiger partial charge in [-0.05, 0) is 25.7 Å². The fourth-order valence-corrected chi connectivity index (χ4v) is 6.29. The van der Waals surface area contributed by atoms with Crippen LogP contribution in [-0.2, 0) is 0 Å². The van der Waals surface area contributed by atoms with Crippen molar-refractivity contribution in [3.05, 3.63) is 0 Å². The molecule has 0 fully saturated rings. The zero-order valence-corrected chi connectivity index (χ0v) is 28.5. The molecule has 0 saturated heterocycles. The summed E-state index contributed by atoms with van der Waals surface area (Å²) in [7, 11) is 4.94. The average Bonchev–Trinajstić information content (AvgIpc) is 2.92. The third-order valence-electron chi connectivity index (χ3n) is 9.23. The second-order valence-corrected chi connectivity index (χ2v) is 14.0. The highest BCUT2D eigenvalue weighted by atomic mass is 15.3. The Bertz CT molecular complexity index is 428. The molecule has 0 rings (SSSR count). The van der Waals surface area contributed by atoms with E-state index in [9.17, 15) is 0 Å². The van der Waals surface area contributed by atoms with Gasteiger partial charge < -0.3 is 4.48 Å². The smallest absolute Gasteiger partial charge is 0.0782 e. The molecule has 0 bridgehead atoms. The molecule has 0 radical (unpaired) electrons. The number of unbranched alkanes of at least 4 members (excludes halogenated alkanes) is 30. The SMILES string of the molecule is CCCCCCCCCCCCCCCCCCCC[N+](C)(C)CCCCCCCCCCCCCCCC. The van der Waals surface area contributed by atoms with E-state index in [0.717, 1.165) is 0 Å². The van der Waals surface area contributed by atoms with Crippen LogP contribution in [0.4, 0.5) is 0 Å². The summed E-state index contributed by atoms with van der Waals surface area (Å²) in [6.45, 7) is 7.39. The van der Waals surface area contributed by atoms with Crippen molar-refractivity contribution in [3.8, 4) is 0 Å². The zero-order chi connectivity index (χ0) is 28.5. The Kier molecular flexibility index (Phi) is 32.4. The largest absolute Gasteiger partial charge is 0.328 e. The lowest BCUT2D eigenvalue weighted by Gasteiger charge is -2.30. The molecule has 0 aromatic heterocycles. The van der Waals surface area contributed by atoms with Crippen molar-refractivity contribution in [2.24, 2.45) is 0 Å². The van der Waals surface area contributed by atoms with Gasteiger partial charge in [-0.25, -0.2) is 0 Å². The summed E-state index contributed by atoms with van der Waals surface area (Å²) in [5.41, 5.74) is 0. The van der Waals surface area contributed by atoms with Crippen LogP contribution in [-0.4, -0.2) is 31.7 Å². The van der Waals surface area contributed by atoms with E-state index in [1.165, 1.54) is 223 Å². The first kappa shape index (κ1) is 39.0. The minimum atomic E-state index is 1.25. The topological polar surface area (TPSA) is 0 Å². The number of nitrogens with zero attached hydrogens (tertiary/aromatic N) is 1. The molecule has 0 saturated carbocycles. The van der Waals surface area contributed by atoms with Crippen molar-refractivity contribution in [3.63, 3.8) is 0 Å². The normalized spacial score (nSPS) is 12.0. The molecule has 1 nitrogen and oxygen atoms in total. The van der Waals surface area contributed by atoms with Gasteiger partial charge in [-0.1, -0.05) is 194 Å². The highest BCUT2D eigenvalue weighted by Gasteiger charge is 2.13. The van der Waals surface area contributed by atoms with E-state index in [2.05, 4.69) is 27.9 Å². The van der Waals surface area contributed by atoms with E-state index < -0.39 is 0 Å². The summed E-state index contributed by atoms with van der Waals surface area (Å²) in [6.07, 6.45) is 46.9. The van der Waals surface area contributed by atoms with Gasteiger partial charge in [0.05, 0.1) is 27.2 Å². The molecular formula is C38H80N+. The minimum absolute atomic E-state index is 1.25. The van der Waals surface area contributed by atoms with Crippen LogP contribution < -0.4 is 0 Å². The second kappa shape index (κ2) is 32.5. The van der Waals surface area contributed by atoms with Gasteiger partial charge >= 0.3 is 0 Å². The molecule has 1 heteroatoms. The summed E-state index contributed by atoms with van der Waals surface area (Å²) >= 11 is 0. The molecule has 0 aromatic rings. The standard InChI is InChI=1S/C38H80N/c1-5-7-9-11-13-15-17-19-21-22-23-24-26-28-30-32-34-36-38-39(3,4)37-35-33-31-29-27-25-20-18-16-14-12-10-8-6-2/h5-38H2,1-4H3/q+1. The molecule has 0 aliphatic rings. The molecule has 0 aliphatic heterocycles. The minimum Gasteiger partial charge on any atom is -0.328 e. The summed E-state index contributed by atoms with van der Waals surface area (Å²) in [6, 6.07) is 0. The van der Waals surface area contributed by atoms with Gasteiger partial charge in [0, 0.05) is 0 Å². The van der Waals surface area contributed by atoms with Gasteiger partial charge in [0.2, 0.25) is 0 Å². The van der Waals surface area contributed by atoms with Crippen LogP contribution in [0, 0.1) is 0 Å². The molecule has 39 heavy (non-hydrogen) atoms. The third-order valence-corrected chi connectivity index (χ3v) is 9.23. The highest BCUT2D eigenvalue weighted by molar-refractivity contribution is 4.52. The molecule has 236 valence electrons.